The van der Waals surface area contributed by atoms with Gasteiger partial charge in [-0.3, -0.25) is 0 Å². The molecule has 260 valence electrons. The number of fused-ring (bicyclic) bond motifs is 9. The molecule has 0 amide bonds. The van der Waals surface area contributed by atoms with Gasteiger partial charge in [-0.2, -0.15) is 0 Å². The molecule has 1 aromatic heterocycles. The van der Waals surface area contributed by atoms with E-state index in [1.54, 1.807) is 0 Å². The lowest BCUT2D eigenvalue weighted by atomic mass is 9.82. The van der Waals surface area contributed by atoms with Crippen LogP contribution in [-0.4, -0.2) is 0 Å². The summed E-state index contributed by atoms with van der Waals surface area (Å²) in [6.45, 7) is 4.72. The van der Waals surface area contributed by atoms with Gasteiger partial charge in [0, 0.05) is 42.3 Å². The van der Waals surface area contributed by atoms with Crippen LogP contribution in [0.5, 0.6) is 0 Å². The van der Waals surface area contributed by atoms with Crippen LogP contribution in [0.3, 0.4) is 0 Å². The zero-order chi connectivity index (χ0) is 36.7. The maximum atomic E-state index is 2.46. The lowest BCUT2D eigenvalue weighted by Gasteiger charge is -2.29. The molecule has 1 heterocycles. The van der Waals surface area contributed by atoms with Gasteiger partial charge >= 0.3 is 0 Å². The number of benzene rings is 9. The number of anilines is 3. The average molecular weight is 720 g/mol. The minimum atomic E-state index is -0.0996. The van der Waals surface area contributed by atoms with Gasteiger partial charge in [0.1, 0.15) is 0 Å². The van der Waals surface area contributed by atoms with E-state index in [-0.39, 0.29) is 5.41 Å². The summed E-state index contributed by atoms with van der Waals surface area (Å²) in [7, 11) is 0. The lowest BCUT2D eigenvalue weighted by Crippen LogP contribution is -2.16. The molecular formula is C53H37NS. The first kappa shape index (κ1) is 32.0. The van der Waals surface area contributed by atoms with Crippen LogP contribution in [0, 0.1) is 0 Å². The van der Waals surface area contributed by atoms with Crippen LogP contribution in [-0.2, 0) is 5.41 Å². The Morgan fingerprint density at radius 3 is 1.80 bits per heavy atom. The third-order valence-corrected chi connectivity index (χ3v) is 13.1. The van der Waals surface area contributed by atoms with Gasteiger partial charge in [0.25, 0.3) is 0 Å². The number of thiophene rings is 1. The molecule has 0 saturated carbocycles. The SMILES string of the molecule is CC1(C)c2ccccc2-c2ccc(N(c3ccc(-c4ccc(-c5cccc6c5sc5ccccc56)cc4)cc3)c3cc4ccccc4c4ccccc34)cc21. The third-order valence-electron chi connectivity index (χ3n) is 11.9. The molecule has 9 aromatic carbocycles. The van der Waals surface area contributed by atoms with E-state index in [0.29, 0.717) is 0 Å². The van der Waals surface area contributed by atoms with E-state index in [0.717, 1.165) is 11.4 Å². The Bertz CT molecular complexity index is 3110. The standard InChI is InChI=1S/C53H37NS/c1-53(2)48-20-9-7-15-43(48)44-31-30-39(33-49(44)53)54(50-32-37-12-3-4-13-40(37)42-14-5-6-16-45(42)50)38-28-26-35(27-29-38)34-22-24-36(25-23-34)41-18-11-19-47-46-17-8-10-21-51(46)55-52(41)47/h3-33H,1-2H3. The van der Waals surface area contributed by atoms with Crippen LogP contribution >= 0.6 is 11.3 Å². The highest BCUT2D eigenvalue weighted by atomic mass is 32.1. The Hall–Kier alpha value is -6.48. The Labute approximate surface area is 325 Å². The molecular weight excluding hydrogens is 683 g/mol. The summed E-state index contributed by atoms with van der Waals surface area (Å²) in [4.78, 5) is 2.46. The molecule has 0 aliphatic heterocycles. The summed E-state index contributed by atoms with van der Waals surface area (Å²) in [5.74, 6) is 0. The molecule has 10 aromatic rings. The summed E-state index contributed by atoms with van der Waals surface area (Å²) in [6.07, 6.45) is 0. The van der Waals surface area contributed by atoms with Crippen molar-refractivity contribution in [3.63, 3.8) is 0 Å². The molecule has 0 spiro atoms. The largest absolute Gasteiger partial charge is 0.310 e. The molecule has 0 saturated heterocycles. The number of nitrogens with zero attached hydrogens (tertiary/aromatic N) is 1. The average Bonchev–Trinajstić information content (AvgIpc) is 3.73. The van der Waals surface area contributed by atoms with Gasteiger partial charge in [0.15, 0.2) is 0 Å². The van der Waals surface area contributed by atoms with Crippen molar-refractivity contribution >= 4 is 70.1 Å². The summed E-state index contributed by atoms with van der Waals surface area (Å²) < 4.78 is 2.68. The second-order valence-corrected chi connectivity index (χ2v) is 16.4. The fourth-order valence-corrected chi connectivity index (χ4v) is 10.3. The maximum absolute atomic E-state index is 2.46. The quantitative estimate of drug-likeness (QED) is 0.160. The van der Waals surface area contributed by atoms with Crippen molar-refractivity contribution in [3.05, 3.63) is 199 Å². The fraction of sp³-hybridized carbons (Fsp3) is 0.0566. The molecule has 0 atom stereocenters. The van der Waals surface area contributed by atoms with Crippen LogP contribution in [0.4, 0.5) is 17.1 Å². The molecule has 0 unspecified atom stereocenters. The molecule has 0 fully saturated rings. The molecule has 0 bridgehead atoms. The van der Waals surface area contributed by atoms with E-state index >= 15 is 0 Å². The molecule has 1 aliphatic rings. The first-order chi connectivity index (χ1) is 27.0. The highest BCUT2D eigenvalue weighted by molar-refractivity contribution is 7.26. The Morgan fingerprint density at radius 1 is 0.400 bits per heavy atom. The Morgan fingerprint density at radius 2 is 0.982 bits per heavy atom. The van der Waals surface area contributed by atoms with E-state index in [1.807, 2.05) is 11.3 Å². The smallest absolute Gasteiger partial charge is 0.0546 e. The van der Waals surface area contributed by atoms with Crippen molar-refractivity contribution < 1.29 is 0 Å². The van der Waals surface area contributed by atoms with Crippen molar-refractivity contribution in [3.8, 4) is 33.4 Å². The van der Waals surface area contributed by atoms with E-state index in [1.165, 1.54) is 91.9 Å². The van der Waals surface area contributed by atoms with Crippen LogP contribution in [0.25, 0.3) is 75.1 Å². The minimum Gasteiger partial charge on any atom is -0.310 e. The van der Waals surface area contributed by atoms with Crippen molar-refractivity contribution in [1.29, 1.82) is 0 Å². The molecule has 55 heavy (non-hydrogen) atoms. The molecule has 0 N–H and O–H groups in total. The van der Waals surface area contributed by atoms with Gasteiger partial charge in [-0.25, -0.2) is 0 Å². The maximum Gasteiger partial charge on any atom is 0.0546 e. The minimum absolute atomic E-state index is 0.0996. The van der Waals surface area contributed by atoms with Crippen molar-refractivity contribution in [2.24, 2.45) is 0 Å². The summed E-state index contributed by atoms with van der Waals surface area (Å²) in [5.41, 5.74) is 13.7. The second kappa shape index (κ2) is 12.3. The van der Waals surface area contributed by atoms with Crippen molar-refractivity contribution in [1.82, 2.24) is 0 Å². The topological polar surface area (TPSA) is 3.24 Å². The molecule has 0 radical (unpaired) electrons. The summed E-state index contributed by atoms with van der Waals surface area (Å²) >= 11 is 1.88. The predicted molar refractivity (Wildman–Crippen MR) is 237 cm³/mol. The summed E-state index contributed by atoms with van der Waals surface area (Å²) in [5, 5.41) is 7.67. The summed E-state index contributed by atoms with van der Waals surface area (Å²) in [6, 6.07) is 69.6. The Balaban J connectivity index is 1.02. The first-order valence-corrected chi connectivity index (χ1v) is 19.9. The predicted octanol–water partition coefficient (Wildman–Crippen LogP) is 15.5. The lowest BCUT2D eigenvalue weighted by molar-refractivity contribution is 0.660. The van der Waals surface area contributed by atoms with E-state index in [2.05, 4.69) is 207 Å². The normalized spacial score (nSPS) is 13.1. The Kier molecular flexibility index (Phi) is 7.14. The first-order valence-electron chi connectivity index (χ1n) is 19.1. The zero-order valence-corrected chi connectivity index (χ0v) is 31.6. The number of rotatable bonds is 5. The molecule has 2 heteroatoms. The van der Waals surface area contributed by atoms with Crippen LogP contribution in [0.1, 0.15) is 25.0 Å². The molecule has 11 rings (SSSR count). The van der Waals surface area contributed by atoms with E-state index in [4.69, 9.17) is 0 Å². The second-order valence-electron chi connectivity index (χ2n) is 15.3. The van der Waals surface area contributed by atoms with Gasteiger partial charge in [-0.15, -0.1) is 11.3 Å². The zero-order valence-electron chi connectivity index (χ0n) is 30.8. The van der Waals surface area contributed by atoms with Gasteiger partial charge in [-0.1, -0.05) is 166 Å². The van der Waals surface area contributed by atoms with Gasteiger partial charge in [0.2, 0.25) is 0 Å². The molecule has 1 nitrogen and oxygen atoms in total. The number of hydrogen-bond acceptors (Lipinski definition) is 2. The monoisotopic (exact) mass is 719 g/mol. The van der Waals surface area contributed by atoms with E-state index < -0.39 is 0 Å². The van der Waals surface area contributed by atoms with Crippen LogP contribution in [0.15, 0.2) is 188 Å². The highest BCUT2D eigenvalue weighted by Crippen LogP contribution is 2.51. The van der Waals surface area contributed by atoms with Crippen molar-refractivity contribution in [2.45, 2.75) is 19.3 Å². The van der Waals surface area contributed by atoms with Gasteiger partial charge < -0.3 is 4.90 Å². The van der Waals surface area contributed by atoms with Crippen LogP contribution in [0.2, 0.25) is 0 Å². The fourth-order valence-electron chi connectivity index (χ4n) is 9.10. The third kappa shape index (κ3) is 4.99. The van der Waals surface area contributed by atoms with Crippen molar-refractivity contribution in [2.75, 3.05) is 4.90 Å². The van der Waals surface area contributed by atoms with Gasteiger partial charge in [-0.05, 0) is 97.1 Å². The van der Waals surface area contributed by atoms with E-state index in [9.17, 15) is 0 Å². The van der Waals surface area contributed by atoms with Crippen LogP contribution < -0.4 is 4.90 Å². The highest BCUT2D eigenvalue weighted by Gasteiger charge is 2.35. The number of hydrogen-bond donors (Lipinski definition) is 0. The van der Waals surface area contributed by atoms with Gasteiger partial charge in [0.05, 0.1) is 5.69 Å². The molecule has 1 aliphatic carbocycles.